The van der Waals surface area contributed by atoms with Gasteiger partial charge in [-0.05, 0) is 33.5 Å². The molecule has 92 valence electrons. The van der Waals surface area contributed by atoms with E-state index in [9.17, 15) is 13.2 Å². The second kappa shape index (κ2) is 7.06. The minimum Gasteiger partial charge on any atom is -0.313 e. The molecule has 0 aromatic rings. The first-order valence-electron chi connectivity index (χ1n) is 5.30. The van der Waals surface area contributed by atoms with Crippen LogP contribution in [-0.2, 0) is 0 Å². The first kappa shape index (κ1) is 14.7. The molecule has 0 aliphatic carbocycles. The van der Waals surface area contributed by atoms with Crippen molar-refractivity contribution in [2.45, 2.75) is 38.4 Å². The molecule has 0 bridgehead atoms. The smallest absolute Gasteiger partial charge is 0.313 e. The van der Waals surface area contributed by atoms with Gasteiger partial charge in [-0.2, -0.15) is 13.2 Å². The molecule has 0 saturated heterocycles. The number of hydrogen-bond acceptors (Lipinski definition) is 2. The van der Waals surface area contributed by atoms with Gasteiger partial charge in [-0.1, -0.05) is 6.92 Å². The lowest BCUT2D eigenvalue weighted by Gasteiger charge is -2.22. The van der Waals surface area contributed by atoms with E-state index < -0.39 is 12.6 Å². The third-order valence-electron chi connectivity index (χ3n) is 2.04. The van der Waals surface area contributed by atoms with E-state index in [-0.39, 0.29) is 12.5 Å². The maximum atomic E-state index is 12.0. The topological polar surface area (TPSA) is 15.3 Å². The molecular formula is C10H21F3N2. The van der Waals surface area contributed by atoms with Crippen LogP contribution in [0.15, 0.2) is 0 Å². The highest BCUT2D eigenvalue weighted by atomic mass is 19.4. The van der Waals surface area contributed by atoms with Gasteiger partial charge in [0.05, 0.1) is 0 Å². The summed E-state index contributed by atoms with van der Waals surface area (Å²) in [5.74, 6) is 0. The second-order valence-electron chi connectivity index (χ2n) is 4.07. The Morgan fingerprint density at radius 3 is 2.27 bits per heavy atom. The number of nitrogens with one attached hydrogen (secondary N) is 1. The van der Waals surface area contributed by atoms with Gasteiger partial charge in [0.1, 0.15) is 0 Å². The third-order valence-corrected chi connectivity index (χ3v) is 2.04. The summed E-state index contributed by atoms with van der Waals surface area (Å²) < 4.78 is 36.1. The van der Waals surface area contributed by atoms with E-state index in [1.54, 1.807) is 0 Å². The molecule has 1 unspecified atom stereocenters. The summed E-state index contributed by atoms with van der Waals surface area (Å²) in [4.78, 5) is 1.91. The molecule has 0 fully saturated rings. The van der Waals surface area contributed by atoms with Crippen molar-refractivity contribution < 1.29 is 13.2 Å². The van der Waals surface area contributed by atoms with Crippen LogP contribution in [0.5, 0.6) is 0 Å². The van der Waals surface area contributed by atoms with Crippen LogP contribution in [0.4, 0.5) is 13.2 Å². The Bertz CT molecular complexity index is 157. The van der Waals surface area contributed by atoms with Gasteiger partial charge in [0.15, 0.2) is 0 Å². The molecule has 0 radical (unpaired) electrons. The molecule has 0 aliphatic rings. The van der Waals surface area contributed by atoms with Crippen LogP contribution in [0.1, 0.15) is 26.2 Å². The molecule has 0 aliphatic heterocycles. The van der Waals surface area contributed by atoms with Crippen molar-refractivity contribution >= 4 is 0 Å². The van der Waals surface area contributed by atoms with Crippen LogP contribution in [0.3, 0.4) is 0 Å². The van der Waals surface area contributed by atoms with Crippen LogP contribution < -0.4 is 5.32 Å². The van der Waals surface area contributed by atoms with Crippen LogP contribution in [-0.4, -0.2) is 44.3 Å². The van der Waals surface area contributed by atoms with E-state index in [1.165, 1.54) is 0 Å². The van der Waals surface area contributed by atoms with E-state index in [2.05, 4.69) is 5.32 Å². The second-order valence-corrected chi connectivity index (χ2v) is 4.07. The van der Waals surface area contributed by atoms with Gasteiger partial charge >= 0.3 is 6.18 Å². The first-order chi connectivity index (χ1) is 6.85. The average molecular weight is 226 g/mol. The number of alkyl halides is 3. The lowest BCUT2D eigenvalue weighted by molar-refractivity contribution is -0.136. The van der Waals surface area contributed by atoms with Crippen molar-refractivity contribution in [2.75, 3.05) is 27.2 Å². The Labute approximate surface area is 89.8 Å². The van der Waals surface area contributed by atoms with Crippen LogP contribution >= 0.6 is 0 Å². The molecule has 0 rings (SSSR count). The summed E-state index contributed by atoms with van der Waals surface area (Å²) in [7, 11) is 3.74. The molecule has 0 aromatic carbocycles. The molecule has 1 N–H and O–H groups in total. The first-order valence-corrected chi connectivity index (χ1v) is 5.30. The van der Waals surface area contributed by atoms with Gasteiger partial charge in [-0.15, -0.1) is 0 Å². The van der Waals surface area contributed by atoms with Gasteiger partial charge in [0, 0.05) is 19.0 Å². The normalized spacial score (nSPS) is 14.6. The van der Waals surface area contributed by atoms with Crippen molar-refractivity contribution in [1.29, 1.82) is 0 Å². The quantitative estimate of drug-likeness (QED) is 0.716. The zero-order valence-electron chi connectivity index (χ0n) is 9.69. The Balaban J connectivity index is 3.89. The minimum atomic E-state index is -4.04. The molecular weight excluding hydrogens is 205 g/mol. The highest BCUT2D eigenvalue weighted by molar-refractivity contribution is 4.71. The molecule has 0 spiro atoms. The summed E-state index contributed by atoms with van der Waals surface area (Å²) in [5, 5.41) is 3.13. The zero-order valence-corrected chi connectivity index (χ0v) is 9.69. The number of nitrogens with zero attached hydrogens (tertiary/aromatic N) is 1. The van der Waals surface area contributed by atoms with Crippen molar-refractivity contribution in [1.82, 2.24) is 10.2 Å². The van der Waals surface area contributed by atoms with Crippen molar-refractivity contribution in [3.8, 4) is 0 Å². The van der Waals surface area contributed by atoms with Crippen LogP contribution in [0, 0.1) is 0 Å². The summed E-state index contributed by atoms with van der Waals surface area (Å²) in [6.45, 7) is 3.43. The van der Waals surface area contributed by atoms with E-state index in [4.69, 9.17) is 0 Å². The van der Waals surface area contributed by atoms with E-state index in [0.29, 0.717) is 6.54 Å². The molecule has 2 nitrogen and oxygen atoms in total. The van der Waals surface area contributed by atoms with E-state index >= 15 is 0 Å². The standard InChI is InChI=1S/C10H21F3N2/c1-4-7-14-9(8-15(2)3)5-6-10(11,12)13/h9,14H,4-8H2,1-3H3. The Morgan fingerprint density at radius 1 is 1.27 bits per heavy atom. The van der Waals surface area contributed by atoms with Crippen molar-refractivity contribution in [3.63, 3.8) is 0 Å². The molecule has 15 heavy (non-hydrogen) atoms. The number of hydrogen-bond donors (Lipinski definition) is 1. The number of halogens is 3. The van der Waals surface area contributed by atoms with Gasteiger partial charge in [0.25, 0.3) is 0 Å². The largest absolute Gasteiger partial charge is 0.389 e. The Morgan fingerprint density at radius 2 is 1.87 bits per heavy atom. The molecule has 0 saturated carbocycles. The Hall–Kier alpha value is -0.290. The van der Waals surface area contributed by atoms with E-state index in [1.807, 2.05) is 25.9 Å². The highest BCUT2D eigenvalue weighted by Gasteiger charge is 2.28. The van der Waals surface area contributed by atoms with Gasteiger partial charge in [-0.3, -0.25) is 0 Å². The third kappa shape index (κ3) is 10.0. The lowest BCUT2D eigenvalue weighted by Crippen LogP contribution is -2.39. The summed E-state index contributed by atoms with van der Waals surface area (Å²) in [5.41, 5.74) is 0. The average Bonchev–Trinajstić information content (AvgIpc) is 2.07. The van der Waals surface area contributed by atoms with E-state index in [0.717, 1.165) is 13.0 Å². The molecule has 5 heteroatoms. The maximum Gasteiger partial charge on any atom is 0.389 e. The predicted octanol–water partition coefficient (Wildman–Crippen LogP) is 2.26. The SMILES string of the molecule is CCCNC(CCC(F)(F)F)CN(C)C. The summed E-state index contributed by atoms with van der Waals surface area (Å²) in [6, 6.07) is -0.0680. The summed E-state index contributed by atoms with van der Waals surface area (Å²) >= 11 is 0. The van der Waals surface area contributed by atoms with Gasteiger partial charge in [-0.25, -0.2) is 0 Å². The molecule has 1 atom stereocenters. The Kier molecular flexibility index (Phi) is 6.92. The molecule has 0 heterocycles. The van der Waals surface area contributed by atoms with Crippen molar-refractivity contribution in [2.24, 2.45) is 0 Å². The highest BCUT2D eigenvalue weighted by Crippen LogP contribution is 2.22. The van der Waals surface area contributed by atoms with Crippen LogP contribution in [0.2, 0.25) is 0 Å². The van der Waals surface area contributed by atoms with Crippen LogP contribution in [0.25, 0.3) is 0 Å². The fraction of sp³-hybridized carbons (Fsp3) is 1.00. The van der Waals surface area contributed by atoms with Gasteiger partial charge in [0.2, 0.25) is 0 Å². The lowest BCUT2D eigenvalue weighted by atomic mass is 10.1. The monoisotopic (exact) mass is 226 g/mol. The summed E-state index contributed by atoms with van der Waals surface area (Å²) in [6.07, 6.45) is -3.65. The molecule has 0 amide bonds. The molecule has 0 aromatic heterocycles. The maximum absolute atomic E-state index is 12.0. The fourth-order valence-corrected chi connectivity index (χ4v) is 1.39. The number of likely N-dealkylation sites (N-methyl/N-ethyl adjacent to an activating group) is 1. The minimum absolute atomic E-state index is 0.0680. The van der Waals surface area contributed by atoms with Gasteiger partial charge < -0.3 is 10.2 Å². The van der Waals surface area contributed by atoms with Crippen molar-refractivity contribution in [3.05, 3.63) is 0 Å². The predicted molar refractivity (Wildman–Crippen MR) is 55.9 cm³/mol. The zero-order chi connectivity index (χ0) is 11.9. The fourth-order valence-electron chi connectivity index (χ4n) is 1.39. The number of rotatable bonds is 7.